The van der Waals surface area contributed by atoms with Crippen molar-refractivity contribution in [1.29, 1.82) is 0 Å². The second kappa shape index (κ2) is 28.6. The highest BCUT2D eigenvalue weighted by atomic mass is 16.6. The minimum atomic E-state index is -1.25. The van der Waals surface area contributed by atoms with E-state index in [0.717, 1.165) is 32.1 Å². The summed E-state index contributed by atoms with van der Waals surface area (Å²) in [6.07, 6.45) is 25.3. The van der Waals surface area contributed by atoms with Gasteiger partial charge in [-0.25, -0.2) is 0 Å². The highest BCUT2D eigenvalue weighted by Gasteiger charge is 2.34. The molecule has 2 amide bonds. The Morgan fingerprint density at radius 2 is 0.939 bits per heavy atom. The van der Waals surface area contributed by atoms with Crippen LogP contribution in [0.2, 0.25) is 0 Å². The Kier molecular flexibility index (Phi) is 27.3. The Balaban J connectivity index is 4.84. The first-order chi connectivity index (χ1) is 23.2. The molecule has 0 heterocycles. The van der Waals surface area contributed by atoms with E-state index in [1.54, 1.807) is 4.90 Å². The van der Waals surface area contributed by atoms with E-state index >= 15 is 0 Å². The molecule has 0 aromatic carbocycles. The Labute approximate surface area is 302 Å². The minimum absolute atomic E-state index is 0.0962. The molecule has 0 saturated heterocycles. The number of unbranched alkanes of at least 4 members (excludes halogenated alkanes) is 20. The smallest absolute Gasteiger partial charge is 0.306 e. The largest absolute Gasteiger partial charge is 0.461 e. The highest BCUT2D eigenvalue weighted by molar-refractivity contribution is 5.85. The molecular weight excluding hydrogens is 616 g/mol. The summed E-state index contributed by atoms with van der Waals surface area (Å²) in [5.41, 5.74) is -1.24. The average molecular weight is 695 g/mol. The van der Waals surface area contributed by atoms with Gasteiger partial charge in [-0.05, 0) is 47.5 Å². The lowest BCUT2D eigenvalue weighted by molar-refractivity contribution is -0.165. The van der Waals surface area contributed by atoms with Crippen molar-refractivity contribution in [3.8, 4) is 0 Å². The number of amides is 2. The SMILES string of the molecule is CCCCCCCCCCCCCC(=O)OCC(OC(=O)CCCCCCCCCCCCC)C(=O)NC(C)(C)CN(C(C)=O)C(C)(C)C. The fraction of sp³-hybridized carbons (Fsp3) is 0.902. The molecule has 0 aliphatic carbocycles. The van der Waals surface area contributed by atoms with E-state index in [0.29, 0.717) is 6.42 Å². The number of hydrogen-bond acceptors (Lipinski definition) is 6. The Morgan fingerprint density at radius 1 is 0.571 bits per heavy atom. The molecule has 0 rings (SSSR count). The lowest BCUT2D eigenvalue weighted by Crippen LogP contribution is -2.59. The minimum Gasteiger partial charge on any atom is -0.461 e. The van der Waals surface area contributed by atoms with Crippen molar-refractivity contribution in [2.75, 3.05) is 13.2 Å². The molecule has 1 atom stereocenters. The number of hydrogen-bond donors (Lipinski definition) is 1. The summed E-state index contributed by atoms with van der Waals surface area (Å²) in [6.45, 7) is 15.4. The lowest BCUT2D eigenvalue weighted by Gasteiger charge is -2.41. The third kappa shape index (κ3) is 27.3. The molecule has 0 bridgehead atoms. The first-order valence-electron chi connectivity index (χ1n) is 20.2. The molecule has 0 spiro atoms. The standard InChI is InChI=1S/C41H78N2O6/c1-9-11-13-15-17-19-21-23-25-27-29-31-37(45)48-33-36(39(47)42-41(7,8)34-43(35(3)44)40(4,5)6)49-38(46)32-30-28-26-24-22-20-18-16-14-12-10-2/h36H,9-34H2,1-8H3,(H,42,47). The maximum Gasteiger partial charge on any atom is 0.306 e. The van der Waals surface area contributed by atoms with Gasteiger partial charge in [0, 0.05) is 31.8 Å². The Morgan fingerprint density at radius 3 is 1.31 bits per heavy atom. The number of ether oxygens (including phenoxy) is 2. The molecule has 0 aromatic heterocycles. The molecule has 0 saturated carbocycles. The van der Waals surface area contributed by atoms with E-state index < -0.39 is 29.1 Å². The van der Waals surface area contributed by atoms with Crippen molar-refractivity contribution in [3.05, 3.63) is 0 Å². The zero-order valence-corrected chi connectivity index (χ0v) is 33.4. The van der Waals surface area contributed by atoms with Crippen molar-refractivity contribution in [2.45, 2.75) is 227 Å². The van der Waals surface area contributed by atoms with Gasteiger partial charge in [-0.1, -0.05) is 142 Å². The van der Waals surface area contributed by atoms with Gasteiger partial charge in [0.2, 0.25) is 12.0 Å². The van der Waals surface area contributed by atoms with Crippen LogP contribution in [0.25, 0.3) is 0 Å². The van der Waals surface area contributed by atoms with Gasteiger partial charge in [-0.3, -0.25) is 19.2 Å². The van der Waals surface area contributed by atoms with Crippen molar-refractivity contribution in [1.82, 2.24) is 10.2 Å². The third-order valence-electron chi connectivity index (χ3n) is 9.14. The zero-order valence-electron chi connectivity index (χ0n) is 33.4. The van der Waals surface area contributed by atoms with Crippen LogP contribution in [0.1, 0.15) is 209 Å². The van der Waals surface area contributed by atoms with E-state index in [4.69, 9.17) is 9.47 Å². The van der Waals surface area contributed by atoms with Gasteiger partial charge in [-0.15, -0.1) is 0 Å². The van der Waals surface area contributed by atoms with Gasteiger partial charge >= 0.3 is 11.9 Å². The van der Waals surface area contributed by atoms with Crippen molar-refractivity contribution in [3.63, 3.8) is 0 Å². The molecule has 0 fully saturated rings. The first-order valence-corrected chi connectivity index (χ1v) is 20.2. The summed E-state index contributed by atoms with van der Waals surface area (Å²) < 4.78 is 11.1. The van der Waals surface area contributed by atoms with Crippen LogP contribution >= 0.6 is 0 Å². The van der Waals surface area contributed by atoms with Gasteiger partial charge in [0.15, 0.2) is 0 Å². The van der Waals surface area contributed by atoms with Gasteiger partial charge in [0.05, 0.1) is 5.54 Å². The predicted molar refractivity (Wildman–Crippen MR) is 202 cm³/mol. The fourth-order valence-corrected chi connectivity index (χ4v) is 6.16. The number of nitrogens with one attached hydrogen (secondary N) is 1. The van der Waals surface area contributed by atoms with Crippen molar-refractivity contribution < 1.29 is 28.7 Å². The van der Waals surface area contributed by atoms with E-state index in [2.05, 4.69) is 19.2 Å². The molecular formula is C41H78N2O6. The molecule has 288 valence electrons. The van der Waals surface area contributed by atoms with E-state index in [-0.39, 0.29) is 37.9 Å². The number of rotatable bonds is 31. The number of nitrogens with zero attached hydrogens (tertiary/aromatic N) is 1. The van der Waals surface area contributed by atoms with Crippen LogP contribution in [0.5, 0.6) is 0 Å². The number of carbonyl (C=O) groups is 4. The van der Waals surface area contributed by atoms with E-state index in [9.17, 15) is 19.2 Å². The molecule has 1 N–H and O–H groups in total. The molecule has 0 aromatic rings. The van der Waals surface area contributed by atoms with Crippen LogP contribution in [-0.4, -0.2) is 59.0 Å². The number of carbonyl (C=O) groups excluding carboxylic acids is 4. The van der Waals surface area contributed by atoms with Crippen LogP contribution in [0, 0.1) is 0 Å². The average Bonchev–Trinajstić information content (AvgIpc) is 3.02. The topological polar surface area (TPSA) is 102 Å². The van der Waals surface area contributed by atoms with Gasteiger partial charge in [0.1, 0.15) is 6.61 Å². The first kappa shape index (κ1) is 46.9. The van der Waals surface area contributed by atoms with Crippen LogP contribution in [-0.2, 0) is 28.7 Å². The second-order valence-electron chi connectivity index (χ2n) is 15.9. The quantitative estimate of drug-likeness (QED) is 0.0572. The normalized spacial score (nSPS) is 12.4. The highest BCUT2D eigenvalue weighted by Crippen LogP contribution is 2.19. The zero-order chi connectivity index (χ0) is 37.0. The van der Waals surface area contributed by atoms with Crippen LogP contribution < -0.4 is 5.32 Å². The molecule has 0 aliphatic heterocycles. The maximum atomic E-state index is 13.4. The molecule has 8 nitrogen and oxygen atoms in total. The predicted octanol–water partition coefficient (Wildman–Crippen LogP) is 10.4. The van der Waals surface area contributed by atoms with E-state index in [1.807, 2.05) is 34.6 Å². The van der Waals surface area contributed by atoms with Crippen molar-refractivity contribution in [2.24, 2.45) is 0 Å². The molecule has 1 unspecified atom stereocenters. The lowest BCUT2D eigenvalue weighted by atomic mass is 9.98. The second-order valence-corrected chi connectivity index (χ2v) is 15.9. The van der Waals surface area contributed by atoms with Crippen LogP contribution in [0.15, 0.2) is 0 Å². The summed E-state index contributed by atoms with van der Waals surface area (Å²) in [6, 6.07) is 0. The summed E-state index contributed by atoms with van der Waals surface area (Å²) in [5, 5.41) is 2.94. The Bertz CT molecular complexity index is 882. The molecule has 0 aliphatic rings. The third-order valence-corrected chi connectivity index (χ3v) is 9.14. The van der Waals surface area contributed by atoms with Crippen molar-refractivity contribution >= 4 is 23.8 Å². The van der Waals surface area contributed by atoms with Gasteiger partial charge in [-0.2, -0.15) is 0 Å². The van der Waals surface area contributed by atoms with Crippen LogP contribution in [0.3, 0.4) is 0 Å². The fourth-order valence-electron chi connectivity index (χ4n) is 6.16. The maximum absolute atomic E-state index is 13.4. The summed E-state index contributed by atoms with van der Waals surface area (Å²) in [7, 11) is 0. The molecule has 49 heavy (non-hydrogen) atoms. The van der Waals surface area contributed by atoms with Gasteiger partial charge in [0.25, 0.3) is 5.91 Å². The Hall–Kier alpha value is -2.12. The van der Waals surface area contributed by atoms with Gasteiger partial charge < -0.3 is 19.7 Å². The monoisotopic (exact) mass is 695 g/mol. The molecule has 0 radical (unpaired) electrons. The summed E-state index contributed by atoms with van der Waals surface area (Å²) in [4.78, 5) is 52.9. The number of esters is 2. The summed E-state index contributed by atoms with van der Waals surface area (Å²) >= 11 is 0. The van der Waals surface area contributed by atoms with E-state index in [1.165, 1.54) is 110 Å². The molecule has 8 heteroatoms. The summed E-state index contributed by atoms with van der Waals surface area (Å²) in [5.74, 6) is -1.47. The van der Waals surface area contributed by atoms with Crippen LogP contribution in [0.4, 0.5) is 0 Å².